The zero-order valence-electron chi connectivity index (χ0n) is 8.11. The lowest BCUT2D eigenvalue weighted by molar-refractivity contribution is -0.121. The average Bonchev–Trinajstić information content (AvgIpc) is 2.41. The molecule has 1 saturated heterocycles. The summed E-state index contributed by atoms with van der Waals surface area (Å²) in [5, 5.41) is 0. The number of nitrogens with two attached hydrogens (primary N) is 1. The van der Waals surface area contributed by atoms with Gasteiger partial charge in [-0.15, -0.1) is 11.8 Å². The van der Waals surface area contributed by atoms with Crippen LogP contribution in [0.2, 0.25) is 0 Å². The Kier molecular flexibility index (Phi) is 2.96. The normalized spacial score (nSPS) is 31.6. The van der Waals surface area contributed by atoms with Gasteiger partial charge in [-0.05, 0) is 23.5 Å². The molecule has 0 saturated carbocycles. The van der Waals surface area contributed by atoms with E-state index < -0.39 is 0 Å². The fourth-order valence-electron chi connectivity index (χ4n) is 2.13. The predicted octanol–water partition coefficient (Wildman–Crippen LogP) is 2.07. The van der Waals surface area contributed by atoms with Gasteiger partial charge in [0.05, 0.1) is 5.92 Å². The lowest BCUT2D eigenvalue weighted by Gasteiger charge is -2.25. The second kappa shape index (κ2) is 4.22. The molecule has 0 radical (unpaired) electrons. The zero-order chi connectivity index (χ0) is 9.97. The third kappa shape index (κ3) is 1.87. The first-order valence-electron chi connectivity index (χ1n) is 5.09. The Morgan fingerprint density at radius 3 is 3.14 bits per heavy atom. The predicted molar refractivity (Wildman–Crippen MR) is 59.7 cm³/mol. The fraction of sp³-hybridized carbons (Fsp3) is 0.545. The summed E-state index contributed by atoms with van der Waals surface area (Å²) < 4.78 is 0. The highest BCUT2D eigenvalue weighted by Gasteiger charge is 2.30. The van der Waals surface area contributed by atoms with Crippen LogP contribution in [-0.2, 0) is 4.79 Å². The molecule has 2 N–H and O–H groups in total. The van der Waals surface area contributed by atoms with E-state index in [2.05, 4.69) is 6.08 Å². The summed E-state index contributed by atoms with van der Waals surface area (Å²) in [4.78, 5) is 12.6. The van der Waals surface area contributed by atoms with Gasteiger partial charge in [0, 0.05) is 5.92 Å². The van der Waals surface area contributed by atoms with E-state index in [1.165, 1.54) is 23.5 Å². The van der Waals surface area contributed by atoms with Crippen molar-refractivity contribution < 1.29 is 4.79 Å². The molecule has 1 fully saturated rings. The number of hydrogen-bond donors (Lipinski definition) is 1. The lowest BCUT2D eigenvalue weighted by atomic mass is 9.84. The van der Waals surface area contributed by atoms with E-state index >= 15 is 0 Å². The van der Waals surface area contributed by atoms with Gasteiger partial charge >= 0.3 is 0 Å². The van der Waals surface area contributed by atoms with E-state index in [-0.39, 0.29) is 11.8 Å². The van der Waals surface area contributed by atoms with E-state index in [0.29, 0.717) is 5.92 Å². The molecule has 1 amide bonds. The minimum absolute atomic E-state index is 0.0689. The van der Waals surface area contributed by atoms with Crippen LogP contribution in [-0.4, -0.2) is 11.7 Å². The summed E-state index contributed by atoms with van der Waals surface area (Å²) in [5.74, 6) is 1.30. The van der Waals surface area contributed by atoms with Crippen molar-refractivity contribution in [3.8, 4) is 0 Å². The molecular weight excluding hydrogens is 194 g/mol. The molecule has 0 spiro atoms. The fourth-order valence-corrected chi connectivity index (χ4v) is 3.37. The van der Waals surface area contributed by atoms with Gasteiger partial charge in [-0.3, -0.25) is 4.79 Å². The molecule has 2 atom stereocenters. The molecule has 1 aliphatic carbocycles. The second-order valence-electron chi connectivity index (χ2n) is 3.83. The number of amides is 1. The molecule has 1 heterocycles. The van der Waals surface area contributed by atoms with Crippen LogP contribution in [0.15, 0.2) is 23.1 Å². The smallest absolute Gasteiger partial charge is 0.224 e. The number of rotatable bonds is 1. The van der Waals surface area contributed by atoms with Gasteiger partial charge in [0.15, 0.2) is 0 Å². The maximum absolute atomic E-state index is 11.3. The number of primary amides is 1. The molecule has 2 rings (SSSR count). The van der Waals surface area contributed by atoms with Crippen molar-refractivity contribution >= 4 is 17.7 Å². The van der Waals surface area contributed by atoms with Gasteiger partial charge in [-0.25, -0.2) is 0 Å². The van der Waals surface area contributed by atoms with Gasteiger partial charge in [-0.1, -0.05) is 24.6 Å². The van der Waals surface area contributed by atoms with Crippen molar-refractivity contribution in [3.05, 3.63) is 23.1 Å². The summed E-state index contributed by atoms with van der Waals surface area (Å²) in [6.07, 6.45) is 9.63. The van der Waals surface area contributed by atoms with Crippen LogP contribution in [0.1, 0.15) is 19.3 Å². The van der Waals surface area contributed by atoms with Crippen LogP contribution in [0.25, 0.3) is 0 Å². The van der Waals surface area contributed by atoms with E-state index in [0.717, 1.165) is 6.42 Å². The topological polar surface area (TPSA) is 43.1 Å². The Balaban J connectivity index is 2.21. The van der Waals surface area contributed by atoms with E-state index in [1.54, 1.807) is 0 Å². The minimum Gasteiger partial charge on any atom is -0.369 e. The first kappa shape index (κ1) is 9.84. The van der Waals surface area contributed by atoms with Crippen molar-refractivity contribution in [2.75, 3.05) is 5.75 Å². The highest BCUT2D eigenvalue weighted by molar-refractivity contribution is 8.03. The number of fused-ring (bicyclic) bond motifs is 1. The van der Waals surface area contributed by atoms with Crippen LogP contribution in [0.3, 0.4) is 0 Å². The monoisotopic (exact) mass is 209 g/mol. The molecule has 14 heavy (non-hydrogen) atoms. The van der Waals surface area contributed by atoms with E-state index in [1.807, 2.05) is 23.9 Å². The Hall–Kier alpha value is -0.700. The summed E-state index contributed by atoms with van der Waals surface area (Å²) >= 11 is 1.89. The van der Waals surface area contributed by atoms with Crippen LogP contribution in [0, 0.1) is 11.8 Å². The van der Waals surface area contributed by atoms with Crippen molar-refractivity contribution in [3.63, 3.8) is 0 Å². The minimum atomic E-state index is -0.181. The van der Waals surface area contributed by atoms with Crippen LogP contribution >= 0.6 is 11.8 Å². The number of carbonyl (C=O) groups excluding carboxylic acids is 1. The average molecular weight is 209 g/mol. The number of thioether (sulfide) groups is 1. The zero-order valence-corrected chi connectivity index (χ0v) is 8.93. The van der Waals surface area contributed by atoms with Gasteiger partial charge < -0.3 is 5.73 Å². The Morgan fingerprint density at radius 1 is 1.50 bits per heavy atom. The summed E-state index contributed by atoms with van der Waals surface area (Å²) in [7, 11) is 0. The highest BCUT2D eigenvalue weighted by Crippen LogP contribution is 2.40. The van der Waals surface area contributed by atoms with Gasteiger partial charge in [0.1, 0.15) is 0 Å². The molecule has 1 aliphatic heterocycles. The Bertz CT molecular complexity index is 296. The van der Waals surface area contributed by atoms with Gasteiger partial charge in [0.2, 0.25) is 5.91 Å². The first-order chi connectivity index (χ1) is 6.79. The van der Waals surface area contributed by atoms with Crippen molar-refractivity contribution in [2.24, 2.45) is 17.6 Å². The van der Waals surface area contributed by atoms with Crippen molar-refractivity contribution in [1.82, 2.24) is 0 Å². The SMILES string of the molecule is NC(=O)C1C=CC=C2SCCCCC21. The largest absolute Gasteiger partial charge is 0.369 e. The number of allylic oxidation sites excluding steroid dienone is 3. The van der Waals surface area contributed by atoms with Gasteiger partial charge in [0.25, 0.3) is 0 Å². The number of hydrogen-bond acceptors (Lipinski definition) is 2. The first-order valence-corrected chi connectivity index (χ1v) is 6.08. The standard InChI is InChI=1S/C11H15NOS/c12-11(13)9-5-3-6-10-8(9)4-1-2-7-14-10/h3,5-6,8-9H,1-2,4,7H2,(H2,12,13). The molecule has 0 aromatic heterocycles. The second-order valence-corrected chi connectivity index (χ2v) is 5.00. The number of carbonyl (C=O) groups is 1. The van der Waals surface area contributed by atoms with Crippen LogP contribution < -0.4 is 5.73 Å². The van der Waals surface area contributed by atoms with E-state index in [9.17, 15) is 4.79 Å². The summed E-state index contributed by atoms with van der Waals surface area (Å²) in [5.41, 5.74) is 5.40. The maximum atomic E-state index is 11.3. The molecule has 2 unspecified atom stereocenters. The van der Waals surface area contributed by atoms with Crippen molar-refractivity contribution in [1.29, 1.82) is 0 Å². The molecule has 2 nitrogen and oxygen atoms in total. The molecular formula is C11H15NOS. The molecule has 0 aromatic carbocycles. The van der Waals surface area contributed by atoms with Gasteiger partial charge in [-0.2, -0.15) is 0 Å². The molecule has 0 aromatic rings. The quantitative estimate of drug-likeness (QED) is 0.718. The Labute approximate surface area is 88.6 Å². The highest BCUT2D eigenvalue weighted by atomic mass is 32.2. The van der Waals surface area contributed by atoms with Crippen molar-refractivity contribution in [2.45, 2.75) is 19.3 Å². The third-order valence-electron chi connectivity index (χ3n) is 2.88. The third-order valence-corrected chi connectivity index (χ3v) is 4.15. The molecule has 76 valence electrons. The van der Waals surface area contributed by atoms with E-state index in [4.69, 9.17) is 5.73 Å². The summed E-state index contributed by atoms with van der Waals surface area (Å²) in [6.45, 7) is 0. The molecule has 2 aliphatic rings. The summed E-state index contributed by atoms with van der Waals surface area (Å²) in [6, 6.07) is 0. The lowest BCUT2D eigenvalue weighted by Crippen LogP contribution is -2.30. The molecule has 3 heteroatoms. The Morgan fingerprint density at radius 2 is 2.36 bits per heavy atom. The molecule has 0 bridgehead atoms. The van der Waals surface area contributed by atoms with Crippen LogP contribution in [0.5, 0.6) is 0 Å². The van der Waals surface area contributed by atoms with Crippen LogP contribution in [0.4, 0.5) is 0 Å². The maximum Gasteiger partial charge on any atom is 0.224 e.